The van der Waals surface area contributed by atoms with Crippen LogP contribution in [0.15, 0.2) is 36.4 Å². The van der Waals surface area contributed by atoms with Gasteiger partial charge in [0.25, 0.3) is 0 Å². The van der Waals surface area contributed by atoms with Crippen LogP contribution in [-0.2, 0) is 4.79 Å². The highest BCUT2D eigenvalue weighted by molar-refractivity contribution is 5.86. The maximum absolute atomic E-state index is 14.2. The first-order valence-electron chi connectivity index (χ1n) is 9.43. The Morgan fingerprint density at radius 1 is 1.21 bits per heavy atom. The van der Waals surface area contributed by atoms with E-state index in [-0.39, 0.29) is 17.9 Å². The lowest BCUT2D eigenvalue weighted by Gasteiger charge is -2.31. The highest BCUT2D eigenvalue weighted by Crippen LogP contribution is 2.44. The summed E-state index contributed by atoms with van der Waals surface area (Å²) in [5, 5.41) is 2.49. The lowest BCUT2D eigenvalue weighted by molar-refractivity contribution is -0.192. The largest absolute Gasteiger partial charge is 0.493 e. The molecule has 1 saturated heterocycles. The Bertz CT molecular complexity index is 864. The van der Waals surface area contributed by atoms with E-state index in [1.165, 1.54) is 6.07 Å². The fourth-order valence-electron chi connectivity index (χ4n) is 3.40. The fraction of sp³-hybridized carbons (Fsp3) is 0.476. The Balaban J connectivity index is 2.10. The molecular weight excluding hydrogens is 369 g/mol. The number of rotatable bonds is 6. The number of unbranched alkanes of at least 4 members (excludes halogenated alkanes) is 1. The number of carbonyl (C=O) groups excluding carboxylic acids is 1. The van der Waals surface area contributed by atoms with Gasteiger partial charge in [-0.1, -0.05) is 37.6 Å². The average Bonchev–Trinajstić information content (AvgIpc) is 2.86. The Kier molecular flexibility index (Phi) is 5.57. The summed E-state index contributed by atoms with van der Waals surface area (Å²) in [5.41, 5.74) is 1.53. The van der Waals surface area contributed by atoms with Gasteiger partial charge in [-0.3, -0.25) is 10.2 Å². The van der Waals surface area contributed by atoms with Crippen LogP contribution >= 0.6 is 0 Å². The molecule has 0 aliphatic carbocycles. The number of hydrazine groups is 1. The summed E-state index contributed by atoms with van der Waals surface area (Å²) >= 11 is 0. The molecule has 2 aromatic carbocycles. The van der Waals surface area contributed by atoms with Crippen molar-refractivity contribution in [3.8, 4) is 5.75 Å². The second-order valence-electron chi connectivity index (χ2n) is 7.84. The molecule has 2 aromatic rings. The SMILES string of the molecule is CCCCOc1cc2ccccc2cc1C(N1CC(C)(C)C(=O)N1)C(F)(F)F. The van der Waals surface area contributed by atoms with Crippen molar-refractivity contribution in [1.29, 1.82) is 0 Å². The molecule has 0 spiro atoms. The number of amides is 1. The van der Waals surface area contributed by atoms with Crippen LogP contribution in [0.2, 0.25) is 0 Å². The Hall–Kier alpha value is -2.28. The van der Waals surface area contributed by atoms with Gasteiger partial charge in [-0.2, -0.15) is 13.2 Å². The molecule has 7 heteroatoms. The van der Waals surface area contributed by atoms with E-state index in [0.717, 1.165) is 23.2 Å². The van der Waals surface area contributed by atoms with Crippen molar-refractivity contribution in [2.45, 2.75) is 45.8 Å². The highest BCUT2D eigenvalue weighted by Gasteiger charge is 2.52. The van der Waals surface area contributed by atoms with Crippen LogP contribution in [0.5, 0.6) is 5.75 Å². The van der Waals surface area contributed by atoms with Gasteiger partial charge in [-0.05, 0) is 43.2 Å². The van der Waals surface area contributed by atoms with Crippen molar-refractivity contribution in [2.24, 2.45) is 5.41 Å². The minimum absolute atomic E-state index is 0.0142. The molecule has 1 aliphatic rings. The summed E-state index contributed by atoms with van der Waals surface area (Å²) in [5.74, 6) is -0.218. The molecule has 1 atom stereocenters. The van der Waals surface area contributed by atoms with E-state index in [4.69, 9.17) is 4.74 Å². The fourth-order valence-corrected chi connectivity index (χ4v) is 3.40. The molecule has 0 bridgehead atoms. The van der Waals surface area contributed by atoms with Crippen LogP contribution in [0.25, 0.3) is 10.8 Å². The van der Waals surface area contributed by atoms with E-state index in [0.29, 0.717) is 12.0 Å². The predicted molar refractivity (Wildman–Crippen MR) is 102 cm³/mol. The van der Waals surface area contributed by atoms with E-state index in [1.807, 2.05) is 19.1 Å². The molecule has 3 rings (SSSR count). The number of nitrogens with zero attached hydrogens (tertiary/aromatic N) is 1. The zero-order chi connectivity index (χ0) is 20.5. The lowest BCUT2D eigenvalue weighted by atomic mass is 9.93. The third kappa shape index (κ3) is 4.09. The monoisotopic (exact) mass is 394 g/mol. The Labute approximate surface area is 162 Å². The van der Waals surface area contributed by atoms with Crippen LogP contribution in [0.3, 0.4) is 0 Å². The number of carbonyl (C=O) groups is 1. The smallest absolute Gasteiger partial charge is 0.410 e. The van der Waals surface area contributed by atoms with Gasteiger partial charge in [0, 0.05) is 12.1 Å². The average molecular weight is 394 g/mol. The molecule has 0 saturated carbocycles. The van der Waals surface area contributed by atoms with Crippen molar-refractivity contribution in [1.82, 2.24) is 10.4 Å². The first-order valence-corrected chi connectivity index (χ1v) is 9.43. The van der Waals surface area contributed by atoms with E-state index < -0.39 is 23.5 Å². The summed E-state index contributed by atoms with van der Waals surface area (Å²) in [4.78, 5) is 12.1. The number of fused-ring (bicyclic) bond motifs is 1. The Morgan fingerprint density at radius 3 is 2.39 bits per heavy atom. The zero-order valence-electron chi connectivity index (χ0n) is 16.3. The molecule has 1 heterocycles. The molecule has 0 aromatic heterocycles. The number of nitrogens with one attached hydrogen (secondary N) is 1. The van der Waals surface area contributed by atoms with Crippen molar-refractivity contribution in [2.75, 3.05) is 13.2 Å². The second kappa shape index (κ2) is 7.62. The molecule has 1 fully saturated rings. The minimum atomic E-state index is -4.58. The van der Waals surface area contributed by atoms with E-state index in [1.54, 1.807) is 32.0 Å². The lowest BCUT2D eigenvalue weighted by Crippen LogP contribution is -2.43. The van der Waals surface area contributed by atoms with Crippen molar-refractivity contribution in [3.05, 3.63) is 42.0 Å². The van der Waals surface area contributed by atoms with Crippen molar-refractivity contribution >= 4 is 16.7 Å². The predicted octanol–water partition coefficient (Wildman–Crippen LogP) is 5.00. The highest BCUT2D eigenvalue weighted by atomic mass is 19.4. The van der Waals surface area contributed by atoms with Gasteiger partial charge in [0.2, 0.25) is 5.91 Å². The maximum Gasteiger partial charge on any atom is 0.410 e. The van der Waals surface area contributed by atoms with E-state index in [2.05, 4.69) is 5.43 Å². The molecule has 0 radical (unpaired) electrons. The topological polar surface area (TPSA) is 41.6 Å². The maximum atomic E-state index is 14.2. The molecule has 28 heavy (non-hydrogen) atoms. The van der Waals surface area contributed by atoms with Gasteiger partial charge in [-0.15, -0.1) is 0 Å². The third-order valence-corrected chi connectivity index (χ3v) is 4.98. The van der Waals surface area contributed by atoms with Gasteiger partial charge in [0.05, 0.1) is 12.0 Å². The molecule has 152 valence electrons. The summed E-state index contributed by atoms with van der Waals surface area (Å²) in [6.07, 6.45) is -2.96. The van der Waals surface area contributed by atoms with Gasteiger partial charge in [0.1, 0.15) is 5.75 Å². The quantitative estimate of drug-likeness (QED) is 0.702. The van der Waals surface area contributed by atoms with Crippen LogP contribution in [0.4, 0.5) is 13.2 Å². The van der Waals surface area contributed by atoms with Crippen molar-refractivity contribution in [3.63, 3.8) is 0 Å². The zero-order valence-corrected chi connectivity index (χ0v) is 16.3. The molecule has 1 N–H and O–H groups in total. The molecule has 1 aliphatic heterocycles. The van der Waals surface area contributed by atoms with Crippen molar-refractivity contribution < 1.29 is 22.7 Å². The van der Waals surface area contributed by atoms with Crippen LogP contribution < -0.4 is 10.2 Å². The molecule has 1 amide bonds. The number of halogens is 3. The summed E-state index contributed by atoms with van der Waals surface area (Å²) < 4.78 is 48.2. The molecular formula is C21H25F3N2O2. The normalized spacial score (nSPS) is 18.3. The third-order valence-electron chi connectivity index (χ3n) is 4.98. The summed E-state index contributed by atoms with van der Waals surface area (Å²) in [6, 6.07) is 8.42. The van der Waals surface area contributed by atoms with Gasteiger partial charge < -0.3 is 4.74 Å². The first kappa shape index (κ1) is 20.5. The standard InChI is InChI=1S/C21H25F3N2O2/c1-4-5-10-28-17-12-15-9-7-6-8-14(15)11-16(17)18(21(22,23)24)26-13-20(2,3)19(27)25-26/h6-9,11-12,18H,4-5,10,13H2,1-3H3,(H,25,27). The number of alkyl halides is 3. The summed E-state index contributed by atoms with van der Waals surface area (Å²) in [7, 11) is 0. The molecule has 4 nitrogen and oxygen atoms in total. The first-order chi connectivity index (χ1) is 13.1. The van der Waals surface area contributed by atoms with Gasteiger partial charge in [-0.25, -0.2) is 5.01 Å². The van der Waals surface area contributed by atoms with Crippen LogP contribution in [-0.4, -0.2) is 30.2 Å². The van der Waals surface area contributed by atoms with Gasteiger partial charge in [0.15, 0.2) is 6.04 Å². The minimum Gasteiger partial charge on any atom is -0.493 e. The molecule has 1 unspecified atom stereocenters. The van der Waals surface area contributed by atoms with Crippen LogP contribution in [0, 0.1) is 5.41 Å². The number of hydrogen-bond donors (Lipinski definition) is 1. The van der Waals surface area contributed by atoms with E-state index in [9.17, 15) is 18.0 Å². The second-order valence-corrected chi connectivity index (χ2v) is 7.84. The Morgan fingerprint density at radius 2 is 1.86 bits per heavy atom. The van der Waals surface area contributed by atoms with Gasteiger partial charge >= 0.3 is 6.18 Å². The number of hydrogen-bond acceptors (Lipinski definition) is 3. The number of ether oxygens (including phenoxy) is 1. The van der Waals surface area contributed by atoms with E-state index >= 15 is 0 Å². The number of benzene rings is 2. The summed E-state index contributed by atoms with van der Waals surface area (Å²) in [6.45, 7) is 5.55. The van der Waals surface area contributed by atoms with Crippen LogP contribution in [0.1, 0.15) is 45.2 Å².